The molecule has 1 N–H and O–H groups in total. The van der Waals surface area contributed by atoms with Crippen LogP contribution in [0.4, 0.5) is 0 Å². The van der Waals surface area contributed by atoms with Crippen molar-refractivity contribution in [3.05, 3.63) is 0 Å². The second-order valence-electron chi connectivity index (χ2n) is 6.54. The van der Waals surface area contributed by atoms with Crippen LogP contribution < -0.4 is 5.32 Å². The summed E-state index contributed by atoms with van der Waals surface area (Å²) in [5.74, 6) is -0.709. The Hall–Kier alpha value is -0.883. The van der Waals surface area contributed by atoms with E-state index in [-0.39, 0.29) is 22.8 Å². The third-order valence-electron chi connectivity index (χ3n) is 3.98. The summed E-state index contributed by atoms with van der Waals surface area (Å²) in [6.07, 6.45) is 0.115. The number of hydrogen-bond donors (Lipinski definition) is 1. The Morgan fingerprint density at radius 1 is 1.37 bits per heavy atom. The molecular formula is C13H25NO4Si. The van der Waals surface area contributed by atoms with Crippen LogP contribution in [-0.4, -0.2) is 33.0 Å². The van der Waals surface area contributed by atoms with Crippen molar-refractivity contribution in [3.8, 4) is 0 Å². The highest BCUT2D eigenvalue weighted by Gasteiger charge is 2.42. The van der Waals surface area contributed by atoms with Crippen LogP contribution in [0.2, 0.25) is 18.1 Å². The van der Waals surface area contributed by atoms with Crippen molar-refractivity contribution in [1.29, 1.82) is 0 Å². The van der Waals surface area contributed by atoms with Crippen molar-refractivity contribution in [3.63, 3.8) is 0 Å². The van der Waals surface area contributed by atoms with Crippen LogP contribution in [0.3, 0.4) is 0 Å². The predicted molar refractivity (Wildman–Crippen MR) is 75.0 cm³/mol. The molecule has 0 spiro atoms. The maximum absolute atomic E-state index is 11.4. The number of carbonyl (C=O) groups is 2. The van der Waals surface area contributed by atoms with E-state index in [4.69, 9.17) is 9.16 Å². The number of ether oxygens (including phenoxy) is 1. The number of β-lactam (4-membered cyclic amide) rings is 1. The van der Waals surface area contributed by atoms with E-state index in [0.29, 0.717) is 13.0 Å². The number of rotatable bonds is 5. The van der Waals surface area contributed by atoms with Gasteiger partial charge in [-0.15, -0.1) is 0 Å². The minimum Gasteiger partial charge on any atom is -0.441 e. The minimum atomic E-state index is -1.78. The minimum absolute atomic E-state index is 0.0647. The molecule has 1 fully saturated rings. The first-order valence-corrected chi connectivity index (χ1v) is 9.57. The molecule has 0 saturated carbocycles. The molecule has 110 valence electrons. The van der Waals surface area contributed by atoms with E-state index >= 15 is 0 Å². The van der Waals surface area contributed by atoms with Gasteiger partial charge in [0.25, 0.3) is 0 Å². The lowest BCUT2D eigenvalue weighted by molar-refractivity contribution is -0.168. The van der Waals surface area contributed by atoms with E-state index in [9.17, 15) is 9.59 Å². The molecule has 6 heteroatoms. The van der Waals surface area contributed by atoms with Gasteiger partial charge in [-0.1, -0.05) is 20.8 Å². The first-order valence-electron chi connectivity index (χ1n) is 6.66. The number of amides is 1. The van der Waals surface area contributed by atoms with Crippen molar-refractivity contribution < 1.29 is 18.8 Å². The summed E-state index contributed by atoms with van der Waals surface area (Å²) in [5.41, 5.74) is 0. The van der Waals surface area contributed by atoms with Crippen LogP contribution in [0.15, 0.2) is 0 Å². The molecular weight excluding hydrogens is 262 g/mol. The van der Waals surface area contributed by atoms with Gasteiger partial charge in [0.05, 0.1) is 5.92 Å². The van der Waals surface area contributed by atoms with Crippen molar-refractivity contribution in [2.75, 3.05) is 6.61 Å². The molecule has 0 bridgehead atoms. The van der Waals surface area contributed by atoms with Crippen LogP contribution in [-0.2, 0) is 18.8 Å². The van der Waals surface area contributed by atoms with Gasteiger partial charge in [-0.2, -0.15) is 0 Å². The van der Waals surface area contributed by atoms with Crippen LogP contribution in [0.1, 0.15) is 34.1 Å². The van der Waals surface area contributed by atoms with Gasteiger partial charge in [-0.25, -0.2) is 0 Å². The van der Waals surface area contributed by atoms with Crippen LogP contribution in [0, 0.1) is 5.92 Å². The van der Waals surface area contributed by atoms with E-state index in [2.05, 4.69) is 39.2 Å². The van der Waals surface area contributed by atoms with Crippen molar-refractivity contribution in [2.45, 2.75) is 58.5 Å². The molecule has 19 heavy (non-hydrogen) atoms. The normalized spacial score (nSPS) is 23.6. The molecule has 2 atom stereocenters. The Morgan fingerprint density at radius 2 is 1.95 bits per heavy atom. The smallest absolute Gasteiger partial charge is 0.304 e. The lowest BCUT2D eigenvalue weighted by atomic mass is 9.96. The van der Waals surface area contributed by atoms with Crippen LogP contribution in [0.5, 0.6) is 0 Å². The largest absolute Gasteiger partial charge is 0.441 e. The number of carbonyl (C=O) groups excluding carboxylic acids is 2. The second kappa shape index (κ2) is 5.62. The zero-order valence-corrected chi connectivity index (χ0v) is 13.7. The topological polar surface area (TPSA) is 64.6 Å². The summed E-state index contributed by atoms with van der Waals surface area (Å²) in [6.45, 7) is 12.8. The molecule has 1 rings (SSSR count). The number of nitrogens with one attached hydrogen (secondary N) is 1. The molecule has 0 aromatic carbocycles. The van der Waals surface area contributed by atoms with Crippen LogP contribution >= 0.6 is 0 Å². The Kier molecular flexibility index (Phi) is 4.79. The number of hydrogen-bond acceptors (Lipinski definition) is 4. The summed E-state index contributed by atoms with van der Waals surface area (Å²) in [7, 11) is -1.78. The fourth-order valence-corrected chi connectivity index (χ4v) is 2.68. The van der Waals surface area contributed by atoms with E-state index in [1.165, 1.54) is 6.92 Å². The van der Waals surface area contributed by atoms with Crippen molar-refractivity contribution in [2.24, 2.45) is 5.92 Å². The van der Waals surface area contributed by atoms with Crippen molar-refractivity contribution in [1.82, 2.24) is 5.32 Å². The summed E-state index contributed by atoms with van der Waals surface area (Å²) in [4.78, 5) is 22.3. The SMILES string of the molecule is CC(=O)OC1NC(=O)[C@@H]1CCO[Si](C)(C)C(C)(C)C. The highest BCUT2D eigenvalue weighted by Crippen LogP contribution is 2.36. The van der Waals surface area contributed by atoms with E-state index in [1.54, 1.807) is 0 Å². The third-order valence-corrected chi connectivity index (χ3v) is 8.52. The maximum atomic E-state index is 11.4. The maximum Gasteiger partial charge on any atom is 0.304 e. The Balaban J connectivity index is 2.40. The molecule has 1 saturated heterocycles. The highest BCUT2D eigenvalue weighted by atomic mass is 28.4. The fraction of sp³-hybridized carbons (Fsp3) is 0.846. The number of esters is 1. The monoisotopic (exact) mass is 287 g/mol. The second-order valence-corrected chi connectivity index (χ2v) is 11.4. The summed E-state index contributed by atoms with van der Waals surface area (Å²) >= 11 is 0. The molecule has 1 aliphatic heterocycles. The zero-order chi connectivity index (χ0) is 14.8. The highest BCUT2D eigenvalue weighted by molar-refractivity contribution is 6.74. The Morgan fingerprint density at radius 3 is 2.37 bits per heavy atom. The van der Waals surface area contributed by atoms with E-state index in [0.717, 1.165) is 0 Å². The first-order chi connectivity index (χ1) is 8.54. The molecule has 0 radical (unpaired) electrons. The van der Waals surface area contributed by atoms with E-state index < -0.39 is 14.5 Å². The third kappa shape index (κ3) is 4.04. The standard InChI is InChI=1S/C13H25NO4Si/c1-9(15)18-12-10(11(16)14-12)7-8-17-19(5,6)13(2,3)4/h10,12H,7-8H2,1-6H3,(H,14,16)/t10-,12?/m0/s1. The van der Waals surface area contributed by atoms with Gasteiger partial charge in [0, 0.05) is 13.5 Å². The van der Waals surface area contributed by atoms with Gasteiger partial charge >= 0.3 is 5.97 Å². The van der Waals surface area contributed by atoms with Gasteiger partial charge in [-0.05, 0) is 24.6 Å². The average Bonchev–Trinajstić information content (AvgIpc) is 2.21. The molecule has 0 aliphatic carbocycles. The molecule has 5 nitrogen and oxygen atoms in total. The molecule has 1 heterocycles. The first kappa shape index (κ1) is 16.2. The Labute approximate surface area is 116 Å². The zero-order valence-electron chi connectivity index (χ0n) is 12.7. The fourth-order valence-electron chi connectivity index (χ4n) is 1.62. The lowest BCUT2D eigenvalue weighted by Crippen LogP contribution is -2.60. The van der Waals surface area contributed by atoms with Crippen LogP contribution in [0.25, 0.3) is 0 Å². The molecule has 1 unspecified atom stereocenters. The summed E-state index contributed by atoms with van der Waals surface area (Å²) in [5, 5.41) is 2.73. The van der Waals surface area contributed by atoms with Gasteiger partial charge in [-0.3, -0.25) is 9.59 Å². The van der Waals surface area contributed by atoms with E-state index in [1.807, 2.05) is 0 Å². The van der Waals surface area contributed by atoms with Crippen molar-refractivity contribution >= 4 is 20.2 Å². The quantitative estimate of drug-likeness (QED) is 0.477. The Bertz CT molecular complexity index is 362. The summed E-state index contributed by atoms with van der Waals surface area (Å²) in [6, 6.07) is 0. The van der Waals surface area contributed by atoms with Gasteiger partial charge in [0.2, 0.25) is 5.91 Å². The summed E-state index contributed by atoms with van der Waals surface area (Å²) < 4.78 is 11.0. The lowest BCUT2D eigenvalue weighted by Gasteiger charge is -2.38. The molecule has 0 aromatic rings. The van der Waals surface area contributed by atoms with Gasteiger partial charge in [0.15, 0.2) is 14.5 Å². The van der Waals surface area contributed by atoms with Gasteiger partial charge < -0.3 is 14.5 Å². The molecule has 0 aromatic heterocycles. The molecule has 1 aliphatic rings. The predicted octanol–water partition coefficient (Wildman–Crippen LogP) is 2.03. The average molecular weight is 287 g/mol. The van der Waals surface area contributed by atoms with Gasteiger partial charge in [0.1, 0.15) is 0 Å². The molecule has 1 amide bonds.